The normalized spacial score (nSPS) is 11.2. The number of aryl methyl sites for hydroxylation is 1. The number of nitrogen functional groups attached to an aromatic ring is 1. The van der Waals surface area contributed by atoms with Crippen LogP contribution in [0, 0.1) is 0 Å². The van der Waals surface area contributed by atoms with Crippen LogP contribution < -0.4 is 5.73 Å². The molecule has 1 aromatic heterocycles. The van der Waals surface area contributed by atoms with E-state index in [4.69, 9.17) is 5.73 Å². The molecule has 3 heteroatoms. The number of unbranched alkanes of at least 4 members (excludes halogenated alkanes) is 14. The number of hydrogen-bond acceptors (Lipinski definition) is 2. The van der Waals surface area contributed by atoms with Crippen molar-refractivity contribution in [3.63, 3.8) is 0 Å². The fourth-order valence-corrected chi connectivity index (χ4v) is 3.18. The van der Waals surface area contributed by atoms with Gasteiger partial charge >= 0.3 is 0 Å². The van der Waals surface area contributed by atoms with E-state index in [1.54, 1.807) is 0 Å². The van der Waals surface area contributed by atoms with E-state index in [0.717, 1.165) is 12.1 Å². The van der Waals surface area contributed by atoms with Crippen molar-refractivity contribution in [2.45, 2.75) is 110 Å². The number of nitrogens with two attached hydrogens (primary N) is 1. The van der Waals surface area contributed by atoms with Crippen LogP contribution in [0.2, 0.25) is 0 Å². The summed E-state index contributed by atoms with van der Waals surface area (Å²) in [5.41, 5.74) is 6.68. The first-order valence-electron chi connectivity index (χ1n) is 10.1. The van der Waals surface area contributed by atoms with Crippen LogP contribution in [-0.2, 0) is 6.42 Å². The van der Waals surface area contributed by atoms with Gasteiger partial charge in [0, 0.05) is 6.20 Å². The van der Waals surface area contributed by atoms with Crippen molar-refractivity contribution in [1.82, 2.24) is 9.97 Å². The molecule has 0 aliphatic rings. The molecule has 0 aliphatic carbocycles. The maximum atomic E-state index is 5.57. The molecule has 3 N–H and O–H groups in total. The van der Waals surface area contributed by atoms with E-state index >= 15 is 0 Å². The molecule has 0 aliphatic heterocycles. The lowest BCUT2D eigenvalue weighted by atomic mass is 10.0. The second kappa shape index (κ2) is 14.6. The van der Waals surface area contributed by atoms with Crippen molar-refractivity contribution < 1.29 is 0 Å². The molecule has 0 fully saturated rings. The topological polar surface area (TPSA) is 54.7 Å². The lowest BCUT2D eigenvalue weighted by Crippen LogP contribution is -1.89. The van der Waals surface area contributed by atoms with Gasteiger partial charge in [-0.3, -0.25) is 0 Å². The first-order chi connectivity index (χ1) is 11.3. The van der Waals surface area contributed by atoms with Crippen LogP contribution in [0.15, 0.2) is 6.20 Å². The number of imidazole rings is 1. The first-order valence-corrected chi connectivity index (χ1v) is 10.1. The summed E-state index contributed by atoms with van der Waals surface area (Å²) in [5.74, 6) is 0.543. The summed E-state index contributed by atoms with van der Waals surface area (Å²) in [6.07, 6.45) is 24.2. The molecule has 0 radical (unpaired) electrons. The Kier molecular flexibility index (Phi) is 12.7. The van der Waals surface area contributed by atoms with E-state index in [2.05, 4.69) is 16.9 Å². The SMILES string of the molecule is CCCCCCCCCCCCCCCCCc1c[nH]c(N)n1. The highest BCUT2D eigenvalue weighted by molar-refractivity contribution is 5.18. The zero-order valence-electron chi connectivity index (χ0n) is 15.4. The van der Waals surface area contributed by atoms with Gasteiger partial charge < -0.3 is 10.7 Å². The Balaban J connectivity index is 1.71. The summed E-state index contributed by atoms with van der Waals surface area (Å²) in [4.78, 5) is 7.17. The molecule has 23 heavy (non-hydrogen) atoms. The van der Waals surface area contributed by atoms with Crippen LogP contribution in [0.5, 0.6) is 0 Å². The Hall–Kier alpha value is -0.990. The zero-order valence-corrected chi connectivity index (χ0v) is 15.4. The van der Waals surface area contributed by atoms with Gasteiger partial charge in [-0.05, 0) is 12.8 Å². The molecule has 1 rings (SSSR count). The maximum Gasteiger partial charge on any atom is 0.197 e. The molecule has 1 heterocycles. The number of aromatic amines is 1. The van der Waals surface area contributed by atoms with Crippen molar-refractivity contribution in [1.29, 1.82) is 0 Å². The minimum absolute atomic E-state index is 0.543. The fourth-order valence-electron chi connectivity index (χ4n) is 3.18. The van der Waals surface area contributed by atoms with Gasteiger partial charge in [-0.1, -0.05) is 96.8 Å². The number of H-pyrrole nitrogens is 1. The van der Waals surface area contributed by atoms with Gasteiger partial charge in [0.15, 0.2) is 5.95 Å². The van der Waals surface area contributed by atoms with Gasteiger partial charge in [-0.2, -0.15) is 0 Å². The average molecular weight is 322 g/mol. The highest BCUT2D eigenvalue weighted by atomic mass is 15.0. The van der Waals surface area contributed by atoms with Crippen LogP contribution in [-0.4, -0.2) is 9.97 Å². The largest absolute Gasteiger partial charge is 0.369 e. The van der Waals surface area contributed by atoms with Gasteiger partial charge in [0.05, 0.1) is 5.69 Å². The van der Waals surface area contributed by atoms with E-state index in [1.165, 1.54) is 96.3 Å². The van der Waals surface area contributed by atoms with Gasteiger partial charge in [-0.15, -0.1) is 0 Å². The summed E-state index contributed by atoms with van der Waals surface area (Å²) in [7, 11) is 0. The van der Waals surface area contributed by atoms with Crippen molar-refractivity contribution in [3.05, 3.63) is 11.9 Å². The van der Waals surface area contributed by atoms with Crippen LogP contribution in [0.1, 0.15) is 109 Å². The summed E-state index contributed by atoms with van der Waals surface area (Å²) in [6.45, 7) is 2.29. The highest BCUT2D eigenvalue weighted by Gasteiger charge is 1.98. The van der Waals surface area contributed by atoms with Crippen LogP contribution in [0.25, 0.3) is 0 Å². The Morgan fingerprint density at radius 1 is 0.739 bits per heavy atom. The molecule has 1 aromatic rings. The summed E-state index contributed by atoms with van der Waals surface area (Å²) < 4.78 is 0. The number of anilines is 1. The first kappa shape index (κ1) is 20.1. The van der Waals surface area contributed by atoms with E-state index in [-0.39, 0.29) is 0 Å². The quantitative estimate of drug-likeness (QED) is 0.346. The third-order valence-electron chi connectivity index (χ3n) is 4.69. The van der Waals surface area contributed by atoms with E-state index in [0.29, 0.717) is 5.95 Å². The molecule has 0 saturated heterocycles. The van der Waals surface area contributed by atoms with Crippen LogP contribution in [0.3, 0.4) is 0 Å². The minimum atomic E-state index is 0.543. The lowest BCUT2D eigenvalue weighted by molar-refractivity contribution is 0.532. The lowest BCUT2D eigenvalue weighted by Gasteiger charge is -2.03. The molecule has 3 nitrogen and oxygen atoms in total. The Bertz CT molecular complexity index is 360. The molecular formula is C20H39N3. The predicted octanol–water partition coefficient (Wildman–Crippen LogP) is 6.41. The summed E-state index contributed by atoms with van der Waals surface area (Å²) >= 11 is 0. The summed E-state index contributed by atoms with van der Waals surface area (Å²) in [5, 5.41) is 0. The third kappa shape index (κ3) is 12.1. The second-order valence-electron chi connectivity index (χ2n) is 6.98. The fraction of sp³-hybridized carbons (Fsp3) is 0.850. The highest BCUT2D eigenvalue weighted by Crippen LogP contribution is 2.14. The molecule has 0 bridgehead atoms. The Morgan fingerprint density at radius 3 is 1.57 bits per heavy atom. The number of hydrogen-bond donors (Lipinski definition) is 2. The molecule has 0 unspecified atom stereocenters. The Morgan fingerprint density at radius 2 is 1.17 bits per heavy atom. The van der Waals surface area contributed by atoms with Gasteiger partial charge in [0.1, 0.15) is 0 Å². The molecule has 0 saturated carbocycles. The Labute approximate surface area is 143 Å². The summed E-state index contributed by atoms with van der Waals surface area (Å²) in [6, 6.07) is 0. The smallest absolute Gasteiger partial charge is 0.197 e. The van der Waals surface area contributed by atoms with Crippen molar-refractivity contribution >= 4 is 5.95 Å². The van der Waals surface area contributed by atoms with Gasteiger partial charge in [0.25, 0.3) is 0 Å². The van der Waals surface area contributed by atoms with Gasteiger partial charge in [-0.25, -0.2) is 4.98 Å². The zero-order chi connectivity index (χ0) is 16.6. The minimum Gasteiger partial charge on any atom is -0.369 e. The van der Waals surface area contributed by atoms with E-state index < -0.39 is 0 Å². The molecule has 0 aromatic carbocycles. The monoisotopic (exact) mass is 321 g/mol. The standard InChI is InChI=1S/C20H39N3/c1-2-3-4-5-6-7-8-9-10-11-12-13-14-15-16-17-19-18-22-20(21)23-19/h18H,2-17H2,1H3,(H3,21,22,23). The van der Waals surface area contributed by atoms with Gasteiger partial charge in [0.2, 0.25) is 0 Å². The predicted molar refractivity (Wildman–Crippen MR) is 102 cm³/mol. The number of nitrogens with one attached hydrogen (secondary N) is 1. The molecular weight excluding hydrogens is 282 g/mol. The number of rotatable bonds is 16. The van der Waals surface area contributed by atoms with Crippen molar-refractivity contribution in [2.24, 2.45) is 0 Å². The molecule has 0 spiro atoms. The maximum absolute atomic E-state index is 5.57. The van der Waals surface area contributed by atoms with Crippen LogP contribution in [0.4, 0.5) is 5.95 Å². The second-order valence-corrected chi connectivity index (χ2v) is 6.98. The number of nitrogens with zero attached hydrogens (tertiary/aromatic N) is 1. The number of aromatic nitrogens is 2. The van der Waals surface area contributed by atoms with Crippen molar-refractivity contribution in [3.8, 4) is 0 Å². The average Bonchev–Trinajstić information content (AvgIpc) is 2.96. The molecule has 0 amide bonds. The third-order valence-corrected chi connectivity index (χ3v) is 4.69. The molecule has 134 valence electrons. The molecule has 0 atom stereocenters. The van der Waals surface area contributed by atoms with Crippen molar-refractivity contribution in [2.75, 3.05) is 5.73 Å². The van der Waals surface area contributed by atoms with Crippen LogP contribution >= 0.6 is 0 Å². The van der Waals surface area contributed by atoms with E-state index in [1.807, 2.05) is 6.20 Å². The van der Waals surface area contributed by atoms with E-state index in [9.17, 15) is 0 Å².